The van der Waals surface area contributed by atoms with Gasteiger partial charge in [0.2, 0.25) is 0 Å². The number of nitriles is 1. The molecule has 1 N–H and O–H groups in total. The molecule has 1 fully saturated rings. The maximum Gasteiger partial charge on any atom is 0.130 e. The zero-order valence-electron chi connectivity index (χ0n) is 11.3. The molecular formula is C16H14FN3O. The Morgan fingerprint density at radius 3 is 2.95 bits per heavy atom. The number of benzene rings is 1. The van der Waals surface area contributed by atoms with Crippen LogP contribution < -0.4 is 4.90 Å². The van der Waals surface area contributed by atoms with Crippen LogP contribution in [0.2, 0.25) is 0 Å². The van der Waals surface area contributed by atoms with Crippen LogP contribution in [-0.2, 0) is 0 Å². The lowest BCUT2D eigenvalue weighted by Gasteiger charge is -2.25. The van der Waals surface area contributed by atoms with Gasteiger partial charge in [-0.15, -0.1) is 0 Å². The number of aliphatic hydroxyl groups is 1. The Labute approximate surface area is 122 Å². The quantitative estimate of drug-likeness (QED) is 0.919. The molecule has 0 bridgehead atoms. The van der Waals surface area contributed by atoms with Crippen molar-refractivity contribution in [3.63, 3.8) is 0 Å². The first kappa shape index (κ1) is 13.5. The van der Waals surface area contributed by atoms with E-state index in [2.05, 4.69) is 11.1 Å². The maximum absolute atomic E-state index is 13.4. The highest BCUT2D eigenvalue weighted by atomic mass is 19.1. The fourth-order valence-electron chi connectivity index (χ4n) is 2.74. The van der Waals surface area contributed by atoms with Crippen LogP contribution in [0.1, 0.15) is 23.6 Å². The predicted molar refractivity (Wildman–Crippen MR) is 76.1 cm³/mol. The van der Waals surface area contributed by atoms with Crippen LogP contribution in [0.5, 0.6) is 0 Å². The molecule has 2 unspecified atom stereocenters. The van der Waals surface area contributed by atoms with Crippen molar-refractivity contribution in [1.29, 1.82) is 5.26 Å². The lowest BCUT2D eigenvalue weighted by Crippen LogP contribution is -2.25. The summed E-state index contributed by atoms with van der Waals surface area (Å²) < 4.78 is 13.4. The van der Waals surface area contributed by atoms with Crippen molar-refractivity contribution in [3.05, 3.63) is 59.5 Å². The van der Waals surface area contributed by atoms with Gasteiger partial charge >= 0.3 is 0 Å². The maximum atomic E-state index is 13.4. The van der Waals surface area contributed by atoms with E-state index in [9.17, 15) is 9.50 Å². The summed E-state index contributed by atoms with van der Waals surface area (Å²) in [6, 6.07) is 11.6. The third kappa shape index (κ3) is 2.71. The van der Waals surface area contributed by atoms with Gasteiger partial charge in [-0.2, -0.15) is 5.26 Å². The molecule has 106 valence electrons. The van der Waals surface area contributed by atoms with Gasteiger partial charge in [0.15, 0.2) is 0 Å². The molecule has 3 rings (SSSR count). The molecule has 1 aromatic heterocycles. The summed E-state index contributed by atoms with van der Waals surface area (Å²) >= 11 is 0. The Kier molecular flexibility index (Phi) is 3.55. The number of aromatic nitrogens is 1. The highest BCUT2D eigenvalue weighted by Crippen LogP contribution is 2.35. The summed E-state index contributed by atoms with van der Waals surface area (Å²) in [5, 5.41) is 18.9. The second-order valence-corrected chi connectivity index (χ2v) is 5.13. The Morgan fingerprint density at radius 2 is 2.19 bits per heavy atom. The molecule has 1 aromatic carbocycles. The second kappa shape index (κ2) is 5.51. The largest absolute Gasteiger partial charge is 0.391 e. The van der Waals surface area contributed by atoms with Crippen LogP contribution in [0.25, 0.3) is 0 Å². The molecule has 0 spiro atoms. The van der Waals surface area contributed by atoms with E-state index in [1.165, 1.54) is 12.1 Å². The van der Waals surface area contributed by atoms with E-state index in [0.29, 0.717) is 24.3 Å². The molecule has 2 atom stereocenters. The Balaban J connectivity index is 1.97. The minimum absolute atomic E-state index is 0.142. The van der Waals surface area contributed by atoms with Gasteiger partial charge in [-0.1, -0.05) is 12.1 Å². The average molecular weight is 283 g/mol. The standard InChI is InChI=1S/C16H14FN3O/c17-13-3-1-2-12(7-13)15-8-14(21)10-20(15)16-6-11(9-18)4-5-19-16/h1-7,14-15,21H,8,10H2. The van der Waals surface area contributed by atoms with Gasteiger partial charge in [0.1, 0.15) is 11.6 Å². The van der Waals surface area contributed by atoms with Gasteiger partial charge in [0, 0.05) is 12.7 Å². The number of rotatable bonds is 2. The van der Waals surface area contributed by atoms with E-state index in [1.54, 1.807) is 24.4 Å². The minimum atomic E-state index is -0.495. The van der Waals surface area contributed by atoms with Crippen LogP contribution in [0, 0.1) is 17.1 Å². The van der Waals surface area contributed by atoms with Gasteiger partial charge < -0.3 is 10.0 Å². The van der Waals surface area contributed by atoms with Gasteiger partial charge in [-0.25, -0.2) is 9.37 Å². The van der Waals surface area contributed by atoms with Crippen LogP contribution in [0.4, 0.5) is 10.2 Å². The zero-order valence-corrected chi connectivity index (χ0v) is 11.3. The number of nitrogens with zero attached hydrogens (tertiary/aromatic N) is 3. The highest BCUT2D eigenvalue weighted by molar-refractivity contribution is 5.48. The topological polar surface area (TPSA) is 60.2 Å². The van der Waals surface area contributed by atoms with Crippen molar-refractivity contribution in [1.82, 2.24) is 4.98 Å². The summed E-state index contributed by atoms with van der Waals surface area (Å²) in [6.45, 7) is 0.420. The molecule has 4 nitrogen and oxygen atoms in total. The number of hydrogen-bond donors (Lipinski definition) is 1. The monoisotopic (exact) mass is 283 g/mol. The first-order valence-corrected chi connectivity index (χ1v) is 6.73. The van der Waals surface area contributed by atoms with E-state index in [1.807, 2.05) is 11.0 Å². The van der Waals surface area contributed by atoms with Crippen LogP contribution in [-0.4, -0.2) is 22.7 Å². The lowest BCUT2D eigenvalue weighted by molar-refractivity contribution is 0.194. The molecule has 1 aliphatic rings. The van der Waals surface area contributed by atoms with E-state index < -0.39 is 6.10 Å². The number of pyridine rings is 1. The summed E-state index contributed by atoms with van der Waals surface area (Å²) in [6.07, 6.45) is 1.59. The van der Waals surface area contributed by atoms with Gasteiger partial charge in [-0.3, -0.25) is 0 Å². The van der Waals surface area contributed by atoms with Gasteiger partial charge in [0.25, 0.3) is 0 Å². The van der Waals surface area contributed by atoms with Crippen molar-refractivity contribution >= 4 is 5.82 Å². The number of β-amino-alcohol motifs (C(OH)–C–C–N with tert-alkyl or cyclic N) is 1. The molecule has 0 radical (unpaired) electrons. The summed E-state index contributed by atoms with van der Waals surface area (Å²) in [5.74, 6) is 0.326. The fraction of sp³-hybridized carbons (Fsp3) is 0.250. The molecule has 0 saturated carbocycles. The van der Waals surface area contributed by atoms with E-state index in [0.717, 1.165) is 5.56 Å². The third-order valence-corrected chi connectivity index (χ3v) is 3.68. The Bertz CT molecular complexity index is 698. The fourth-order valence-corrected chi connectivity index (χ4v) is 2.74. The van der Waals surface area contributed by atoms with Crippen molar-refractivity contribution in [2.45, 2.75) is 18.6 Å². The van der Waals surface area contributed by atoms with Crippen molar-refractivity contribution in [3.8, 4) is 6.07 Å². The average Bonchev–Trinajstić information content (AvgIpc) is 2.89. The van der Waals surface area contributed by atoms with Crippen molar-refractivity contribution < 1.29 is 9.50 Å². The van der Waals surface area contributed by atoms with Crippen molar-refractivity contribution in [2.24, 2.45) is 0 Å². The Morgan fingerprint density at radius 1 is 1.33 bits per heavy atom. The SMILES string of the molecule is N#Cc1ccnc(N2CC(O)CC2c2cccc(F)c2)c1. The molecule has 21 heavy (non-hydrogen) atoms. The van der Waals surface area contributed by atoms with Gasteiger partial charge in [-0.05, 0) is 36.2 Å². The molecule has 0 amide bonds. The molecule has 1 aliphatic heterocycles. The Hall–Kier alpha value is -2.45. The molecule has 0 aliphatic carbocycles. The molecule has 2 heterocycles. The van der Waals surface area contributed by atoms with Crippen LogP contribution >= 0.6 is 0 Å². The normalized spacial score (nSPS) is 21.3. The number of hydrogen-bond acceptors (Lipinski definition) is 4. The molecule has 5 heteroatoms. The molecule has 1 saturated heterocycles. The minimum Gasteiger partial charge on any atom is -0.391 e. The highest BCUT2D eigenvalue weighted by Gasteiger charge is 2.33. The number of aliphatic hydroxyl groups excluding tert-OH is 1. The van der Waals surface area contributed by atoms with E-state index in [-0.39, 0.29) is 11.9 Å². The van der Waals surface area contributed by atoms with E-state index >= 15 is 0 Å². The van der Waals surface area contributed by atoms with Crippen LogP contribution in [0.15, 0.2) is 42.6 Å². The number of anilines is 1. The zero-order chi connectivity index (χ0) is 14.8. The molecule has 2 aromatic rings. The van der Waals surface area contributed by atoms with Crippen LogP contribution in [0.3, 0.4) is 0 Å². The number of halogens is 1. The second-order valence-electron chi connectivity index (χ2n) is 5.13. The predicted octanol–water partition coefficient (Wildman–Crippen LogP) is 2.40. The summed E-state index contributed by atoms with van der Waals surface area (Å²) in [7, 11) is 0. The molecular weight excluding hydrogens is 269 g/mol. The summed E-state index contributed by atoms with van der Waals surface area (Å²) in [4.78, 5) is 6.19. The smallest absolute Gasteiger partial charge is 0.130 e. The third-order valence-electron chi connectivity index (χ3n) is 3.68. The van der Waals surface area contributed by atoms with E-state index in [4.69, 9.17) is 5.26 Å². The van der Waals surface area contributed by atoms with Gasteiger partial charge in [0.05, 0.1) is 23.8 Å². The first-order valence-electron chi connectivity index (χ1n) is 6.73. The lowest BCUT2D eigenvalue weighted by atomic mass is 10.0. The summed E-state index contributed by atoms with van der Waals surface area (Å²) in [5.41, 5.74) is 1.31. The first-order chi connectivity index (χ1) is 10.2. The van der Waals surface area contributed by atoms with Crippen molar-refractivity contribution in [2.75, 3.05) is 11.4 Å².